The molecule has 2 heterocycles. The molecule has 1 aliphatic rings. The maximum Gasteiger partial charge on any atom is 0.174 e. The molecule has 1 aromatic carbocycles. The van der Waals surface area contributed by atoms with Crippen LogP contribution in [-0.4, -0.2) is 36.0 Å². The number of rotatable bonds is 5. The molecule has 1 aromatic heterocycles. The first kappa shape index (κ1) is 19.1. The predicted molar refractivity (Wildman–Crippen MR) is 97.6 cm³/mol. The molecule has 2 aromatic rings. The van der Waals surface area contributed by atoms with Crippen molar-refractivity contribution in [1.29, 1.82) is 0 Å². The van der Waals surface area contributed by atoms with Crippen LogP contribution >= 0.6 is 11.8 Å². The van der Waals surface area contributed by atoms with Gasteiger partial charge in [0.2, 0.25) is 0 Å². The molecule has 0 saturated carbocycles. The van der Waals surface area contributed by atoms with Gasteiger partial charge in [0.1, 0.15) is 11.6 Å². The van der Waals surface area contributed by atoms with Crippen molar-refractivity contribution in [3.8, 4) is 0 Å². The fraction of sp³-hybridized carbons (Fsp3) is 0.389. The lowest BCUT2D eigenvalue weighted by atomic mass is 10.2. The van der Waals surface area contributed by atoms with Crippen LogP contribution in [0.5, 0.6) is 0 Å². The second-order valence-corrected chi connectivity index (χ2v) is 9.74. The minimum atomic E-state index is -3.02. The number of hydrogen-bond acceptors (Lipinski definition) is 4. The molecule has 1 unspecified atom stereocenters. The first-order valence-corrected chi connectivity index (χ1v) is 11.0. The predicted octanol–water partition coefficient (Wildman–Crippen LogP) is 3.72. The molecule has 26 heavy (non-hydrogen) atoms. The van der Waals surface area contributed by atoms with E-state index in [-0.39, 0.29) is 34.0 Å². The van der Waals surface area contributed by atoms with Crippen molar-refractivity contribution >= 4 is 27.4 Å². The number of Topliss-reactive ketones (excluding diaryl/α,β-unsaturated/α-hetero) is 1. The third-order valence-corrected chi connectivity index (χ3v) is 7.41. The topological polar surface area (TPSA) is 56.1 Å². The lowest BCUT2D eigenvalue weighted by molar-refractivity contribution is 0.102. The first-order chi connectivity index (χ1) is 12.2. The summed E-state index contributed by atoms with van der Waals surface area (Å²) in [6.45, 7) is 3.65. The van der Waals surface area contributed by atoms with Gasteiger partial charge in [-0.3, -0.25) is 4.79 Å². The second kappa shape index (κ2) is 7.15. The van der Waals surface area contributed by atoms with E-state index in [1.165, 1.54) is 6.07 Å². The van der Waals surface area contributed by atoms with E-state index in [0.29, 0.717) is 12.0 Å². The lowest BCUT2D eigenvalue weighted by Gasteiger charge is -2.16. The number of carbonyl (C=O) groups is 1. The Morgan fingerprint density at radius 3 is 2.62 bits per heavy atom. The summed E-state index contributed by atoms with van der Waals surface area (Å²) in [4.78, 5) is 12.8. The Morgan fingerprint density at radius 2 is 2.00 bits per heavy atom. The Morgan fingerprint density at radius 1 is 1.27 bits per heavy atom. The normalized spacial score (nSPS) is 19.0. The number of carbonyl (C=O) groups excluding carboxylic acids is 1. The maximum absolute atomic E-state index is 13.7. The number of aromatic nitrogens is 1. The van der Waals surface area contributed by atoms with Crippen molar-refractivity contribution < 1.29 is 22.0 Å². The number of aryl methyl sites for hydroxylation is 1. The van der Waals surface area contributed by atoms with Crippen LogP contribution < -0.4 is 0 Å². The van der Waals surface area contributed by atoms with Gasteiger partial charge in [-0.15, -0.1) is 11.8 Å². The van der Waals surface area contributed by atoms with Gasteiger partial charge in [-0.05, 0) is 38.5 Å². The van der Waals surface area contributed by atoms with Crippen LogP contribution in [-0.2, 0) is 9.84 Å². The van der Waals surface area contributed by atoms with E-state index in [2.05, 4.69) is 0 Å². The SMILES string of the molecule is Cc1cc(C(=O)CSc2ccc(F)cc2F)c(C)n1C1CCS(=O)(=O)C1. The molecule has 0 spiro atoms. The molecule has 0 aliphatic carbocycles. The van der Waals surface area contributed by atoms with Gasteiger partial charge in [0.25, 0.3) is 0 Å². The third-order valence-electron chi connectivity index (χ3n) is 4.61. The van der Waals surface area contributed by atoms with Gasteiger partial charge >= 0.3 is 0 Å². The van der Waals surface area contributed by atoms with Gasteiger partial charge in [0.15, 0.2) is 15.6 Å². The molecule has 4 nitrogen and oxygen atoms in total. The van der Waals surface area contributed by atoms with Crippen LogP contribution in [0.1, 0.15) is 34.2 Å². The summed E-state index contributed by atoms with van der Waals surface area (Å²) in [5.41, 5.74) is 2.09. The molecule has 0 N–H and O–H groups in total. The van der Waals surface area contributed by atoms with Crippen LogP contribution in [0.3, 0.4) is 0 Å². The number of thioether (sulfide) groups is 1. The number of halogens is 2. The highest BCUT2D eigenvalue weighted by atomic mass is 32.2. The van der Waals surface area contributed by atoms with Gasteiger partial charge in [-0.2, -0.15) is 0 Å². The highest BCUT2D eigenvalue weighted by Gasteiger charge is 2.31. The summed E-state index contributed by atoms with van der Waals surface area (Å²) in [6.07, 6.45) is 0.544. The summed E-state index contributed by atoms with van der Waals surface area (Å²) < 4.78 is 52.1. The van der Waals surface area contributed by atoms with E-state index in [1.807, 2.05) is 11.5 Å². The van der Waals surface area contributed by atoms with E-state index < -0.39 is 21.5 Å². The first-order valence-electron chi connectivity index (χ1n) is 8.18. The molecule has 0 radical (unpaired) electrons. The number of benzene rings is 1. The monoisotopic (exact) mass is 399 g/mol. The average Bonchev–Trinajstić information content (AvgIpc) is 3.05. The van der Waals surface area contributed by atoms with Gasteiger partial charge in [0, 0.05) is 34.0 Å². The van der Waals surface area contributed by atoms with Crippen LogP contribution in [0, 0.1) is 25.5 Å². The van der Waals surface area contributed by atoms with Crippen molar-refractivity contribution in [2.75, 3.05) is 17.3 Å². The lowest BCUT2D eigenvalue weighted by Crippen LogP contribution is -2.14. The Labute approximate surface area is 155 Å². The molecular formula is C18H19F2NO3S2. The van der Waals surface area contributed by atoms with E-state index in [4.69, 9.17) is 0 Å². The average molecular weight is 399 g/mol. The zero-order chi connectivity index (χ0) is 19.1. The van der Waals surface area contributed by atoms with Gasteiger partial charge in [-0.25, -0.2) is 17.2 Å². The summed E-state index contributed by atoms with van der Waals surface area (Å²) >= 11 is 1.02. The van der Waals surface area contributed by atoms with Crippen LogP contribution in [0.4, 0.5) is 8.78 Å². The minimum absolute atomic E-state index is 0.0236. The van der Waals surface area contributed by atoms with Crippen molar-refractivity contribution in [1.82, 2.24) is 4.57 Å². The van der Waals surface area contributed by atoms with Crippen molar-refractivity contribution in [2.24, 2.45) is 0 Å². The molecule has 1 atom stereocenters. The zero-order valence-corrected chi connectivity index (χ0v) is 16.1. The molecular weight excluding hydrogens is 380 g/mol. The van der Waals surface area contributed by atoms with Crippen molar-refractivity contribution in [2.45, 2.75) is 31.2 Å². The highest BCUT2D eigenvalue weighted by molar-refractivity contribution is 8.00. The maximum atomic E-state index is 13.7. The smallest absolute Gasteiger partial charge is 0.174 e. The highest BCUT2D eigenvalue weighted by Crippen LogP contribution is 2.30. The Bertz CT molecular complexity index is 967. The summed E-state index contributed by atoms with van der Waals surface area (Å²) in [5.74, 6) is -1.24. The molecule has 1 saturated heterocycles. The van der Waals surface area contributed by atoms with E-state index in [0.717, 1.165) is 35.3 Å². The van der Waals surface area contributed by atoms with Crippen LogP contribution in [0.15, 0.2) is 29.2 Å². The van der Waals surface area contributed by atoms with Crippen molar-refractivity contribution in [3.05, 3.63) is 52.9 Å². The second-order valence-electron chi connectivity index (χ2n) is 6.50. The number of hydrogen-bond donors (Lipinski definition) is 0. The molecule has 1 aliphatic heterocycles. The van der Waals surface area contributed by atoms with E-state index in [9.17, 15) is 22.0 Å². The van der Waals surface area contributed by atoms with Gasteiger partial charge in [-0.1, -0.05) is 0 Å². The van der Waals surface area contributed by atoms with Gasteiger partial charge < -0.3 is 4.57 Å². The number of ketones is 1. The van der Waals surface area contributed by atoms with E-state index >= 15 is 0 Å². The Hall–Kier alpha value is -1.67. The summed E-state index contributed by atoms with van der Waals surface area (Å²) in [7, 11) is -3.02. The van der Waals surface area contributed by atoms with E-state index in [1.54, 1.807) is 13.0 Å². The summed E-state index contributed by atoms with van der Waals surface area (Å²) in [6, 6.07) is 4.87. The fourth-order valence-electron chi connectivity index (χ4n) is 3.41. The van der Waals surface area contributed by atoms with Crippen LogP contribution in [0.2, 0.25) is 0 Å². The number of nitrogens with zero attached hydrogens (tertiary/aromatic N) is 1. The summed E-state index contributed by atoms with van der Waals surface area (Å²) in [5, 5.41) is 0. The molecule has 1 fully saturated rings. The molecule has 8 heteroatoms. The molecule has 140 valence electrons. The Kier molecular flexibility index (Phi) is 5.25. The van der Waals surface area contributed by atoms with Gasteiger partial charge in [0.05, 0.1) is 17.3 Å². The van der Waals surface area contributed by atoms with Crippen molar-refractivity contribution in [3.63, 3.8) is 0 Å². The molecule has 0 amide bonds. The Balaban J connectivity index is 1.77. The van der Waals surface area contributed by atoms with Crippen LogP contribution in [0.25, 0.3) is 0 Å². The number of sulfone groups is 1. The third kappa shape index (κ3) is 3.86. The quantitative estimate of drug-likeness (QED) is 0.568. The minimum Gasteiger partial charge on any atom is -0.344 e. The standard InChI is InChI=1S/C18H19F2NO3S2/c1-11-7-15(12(2)21(11)14-5-6-26(23,24)10-14)17(22)9-25-18-4-3-13(19)8-16(18)20/h3-4,7-8,14H,5-6,9-10H2,1-2H3. The zero-order valence-electron chi connectivity index (χ0n) is 14.5. The molecule has 3 rings (SSSR count). The molecule has 0 bridgehead atoms. The fourth-order valence-corrected chi connectivity index (χ4v) is 5.92. The largest absolute Gasteiger partial charge is 0.344 e.